The van der Waals surface area contributed by atoms with Gasteiger partial charge < -0.3 is 14.8 Å². The fraction of sp³-hybridized carbons (Fsp3) is 0.409. The zero-order chi connectivity index (χ0) is 23.0. The van der Waals surface area contributed by atoms with Gasteiger partial charge in [0.1, 0.15) is 5.75 Å². The monoisotopic (exact) mass is 525 g/mol. The van der Waals surface area contributed by atoms with Gasteiger partial charge in [0.15, 0.2) is 0 Å². The first-order chi connectivity index (χ1) is 15.4. The molecule has 1 aliphatic heterocycles. The van der Waals surface area contributed by atoms with Crippen molar-refractivity contribution in [2.75, 3.05) is 46.5 Å². The number of amides is 1. The highest BCUT2D eigenvalue weighted by Crippen LogP contribution is 2.23. The molecule has 1 fully saturated rings. The smallest absolute Gasteiger partial charge is 0.240 e. The maximum Gasteiger partial charge on any atom is 0.240 e. The third-order valence-corrected chi connectivity index (χ3v) is 7.25. The number of rotatable bonds is 10. The van der Waals surface area contributed by atoms with E-state index in [1.807, 2.05) is 24.3 Å². The molecule has 2 aromatic rings. The third-order valence-electron chi connectivity index (χ3n) is 5.25. The van der Waals surface area contributed by atoms with Gasteiger partial charge in [-0.25, -0.2) is 13.1 Å². The molecule has 1 saturated heterocycles. The lowest BCUT2D eigenvalue weighted by Crippen LogP contribution is -2.44. The van der Waals surface area contributed by atoms with Gasteiger partial charge in [0.05, 0.1) is 31.3 Å². The first kappa shape index (κ1) is 24.7. The fourth-order valence-corrected chi connectivity index (χ4v) is 4.76. The van der Waals surface area contributed by atoms with E-state index in [4.69, 9.17) is 9.47 Å². The molecular formula is C22H28BrN3O5S. The zero-order valence-corrected chi connectivity index (χ0v) is 20.3. The molecule has 32 heavy (non-hydrogen) atoms. The van der Waals surface area contributed by atoms with Gasteiger partial charge in [0, 0.05) is 37.1 Å². The van der Waals surface area contributed by atoms with E-state index >= 15 is 0 Å². The Kier molecular flexibility index (Phi) is 9.06. The topological polar surface area (TPSA) is 97.0 Å². The van der Waals surface area contributed by atoms with Crippen LogP contribution in [-0.4, -0.2) is 65.7 Å². The molecular weight excluding hydrogens is 498 g/mol. The number of nitrogens with zero attached hydrogens (tertiary/aromatic N) is 1. The highest BCUT2D eigenvalue weighted by Gasteiger charge is 2.23. The summed E-state index contributed by atoms with van der Waals surface area (Å²) in [6, 6.07) is 14.1. The van der Waals surface area contributed by atoms with E-state index in [2.05, 4.69) is 30.9 Å². The lowest BCUT2D eigenvalue weighted by molar-refractivity contribution is -0.121. The van der Waals surface area contributed by atoms with Crippen molar-refractivity contribution < 1.29 is 22.7 Å². The van der Waals surface area contributed by atoms with Crippen molar-refractivity contribution in [2.24, 2.45) is 0 Å². The van der Waals surface area contributed by atoms with Crippen molar-refractivity contribution in [3.63, 3.8) is 0 Å². The molecule has 2 N–H and O–H groups in total. The van der Waals surface area contributed by atoms with Gasteiger partial charge in [0.25, 0.3) is 0 Å². The van der Waals surface area contributed by atoms with E-state index < -0.39 is 10.0 Å². The second-order valence-electron chi connectivity index (χ2n) is 7.34. The van der Waals surface area contributed by atoms with Gasteiger partial charge in [-0.15, -0.1) is 0 Å². The largest absolute Gasteiger partial charge is 0.497 e. The van der Waals surface area contributed by atoms with Crippen molar-refractivity contribution in [2.45, 2.75) is 17.4 Å². The van der Waals surface area contributed by atoms with Crippen molar-refractivity contribution in [3.8, 4) is 5.75 Å². The summed E-state index contributed by atoms with van der Waals surface area (Å²) in [5, 5.41) is 2.95. The standard InChI is InChI=1S/C22H28BrN3O5S/c1-30-19-6-2-17(3-7-19)21(26-12-14-31-15-13-26)16-24-22(27)10-11-25-32(28,29)20-8-4-18(23)5-9-20/h2-9,21,25H,10-16H2,1H3,(H,24,27)/t21-/m1/s1. The predicted octanol–water partition coefficient (Wildman–Crippen LogP) is 2.32. The number of sulfonamides is 1. The van der Waals surface area contributed by atoms with Crippen LogP contribution in [-0.2, 0) is 19.6 Å². The molecule has 1 aliphatic rings. The van der Waals surface area contributed by atoms with Crippen LogP contribution < -0.4 is 14.8 Å². The molecule has 0 saturated carbocycles. The van der Waals surface area contributed by atoms with E-state index in [9.17, 15) is 13.2 Å². The van der Waals surface area contributed by atoms with Crippen LogP contribution in [0.15, 0.2) is 57.9 Å². The van der Waals surface area contributed by atoms with Crippen LogP contribution in [0.4, 0.5) is 0 Å². The lowest BCUT2D eigenvalue weighted by Gasteiger charge is -2.35. The maximum atomic E-state index is 12.4. The number of methoxy groups -OCH3 is 1. The summed E-state index contributed by atoms with van der Waals surface area (Å²) in [4.78, 5) is 14.9. The predicted molar refractivity (Wildman–Crippen MR) is 125 cm³/mol. The van der Waals surface area contributed by atoms with E-state index in [1.165, 1.54) is 12.1 Å². The number of benzene rings is 2. The first-order valence-electron chi connectivity index (χ1n) is 10.4. The molecule has 2 aromatic carbocycles. The van der Waals surface area contributed by atoms with E-state index in [0.717, 1.165) is 28.9 Å². The summed E-state index contributed by atoms with van der Waals surface area (Å²) in [6.45, 7) is 3.30. The molecule has 0 radical (unpaired) electrons. The molecule has 1 amide bonds. The van der Waals surface area contributed by atoms with Gasteiger partial charge in [-0.3, -0.25) is 9.69 Å². The van der Waals surface area contributed by atoms with Crippen LogP contribution in [0.2, 0.25) is 0 Å². The molecule has 0 aliphatic carbocycles. The average molecular weight is 526 g/mol. The molecule has 10 heteroatoms. The SMILES string of the molecule is COc1ccc([C@@H](CNC(=O)CCNS(=O)(=O)c2ccc(Br)cc2)N2CCOCC2)cc1. The summed E-state index contributed by atoms with van der Waals surface area (Å²) < 4.78 is 38.7. The fourth-order valence-electron chi connectivity index (χ4n) is 3.47. The summed E-state index contributed by atoms with van der Waals surface area (Å²) in [6.07, 6.45) is 0.0498. The Hall–Kier alpha value is -1.98. The van der Waals surface area contributed by atoms with Gasteiger partial charge in [0.2, 0.25) is 15.9 Å². The first-order valence-corrected chi connectivity index (χ1v) is 12.6. The van der Waals surface area contributed by atoms with Gasteiger partial charge in [-0.05, 0) is 42.0 Å². The van der Waals surface area contributed by atoms with E-state index in [1.54, 1.807) is 19.2 Å². The number of hydrogen-bond acceptors (Lipinski definition) is 6. The number of halogens is 1. The maximum absolute atomic E-state index is 12.4. The zero-order valence-electron chi connectivity index (χ0n) is 17.9. The number of hydrogen-bond donors (Lipinski definition) is 2. The summed E-state index contributed by atoms with van der Waals surface area (Å²) in [7, 11) is -2.03. The minimum Gasteiger partial charge on any atom is -0.497 e. The Morgan fingerprint density at radius 2 is 1.78 bits per heavy atom. The van der Waals surface area contributed by atoms with Crippen molar-refractivity contribution in [3.05, 3.63) is 58.6 Å². The number of ether oxygens (including phenoxy) is 2. The molecule has 0 aromatic heterocycles. The summed E-state index contributed by atoms with van der Waals surface area (Å²) >= 11 is 3.28. The highest BCUT2D eigenvalue weighted by molar-refractivity contribution is 9.10. The average Bonchev–Trinajstić information content (AvgIpc) is 2.80. The Morgan fingerprint density at radius 3 is 2.41 bits per heavy atom. The Labute approximate surface area is 197 Å². The lowest BCUT2D eigenvalue weighted by atomic mass is 10.0. The molecule has 1 heterocycles. The van der Waals surface area contributed by atoms with Crippen LogP contribution in [0.25, 0.3) is 0 Å². The van der Waals surface area contributed by atoms with Gasteiger partial charge in [-0.2, -0.15) is 0 Å². The molecule has 8 nitrogen and oxygen atoms in total. The minimum atomic E-state index is -3.66. The van der Waals surface area contributed by atoms with Gasteiger partial charge >= 0.3 is 0 Å². The second-order valence-corrected chi connectivity index (χ2v) is 10.0. The number of carbonyl (C=O) groups excluding carboxylic acids is 1. The molecule has 3 rings (SSSR count). The van der Waals surface area contributed by atoms with E-state index in [-0.39, 0.29) is 29.8 Å². The highest BCUT2D eigenvalue weighted by atomic mass is 79.9. The Balaban J connectivity index is 1.54. The van der Waals surface area contributed by atoms with Crippen LogP contribution in [0.3, 0.4) is 0 Å². The second kappa shape index (κ2) is 11.8. The van der Waals surface area contributed by atoms with Crippen molar-refractivity contribution in [1.29, 1.82) is 0 Å². The molecule has 0 bridgehead atoms. The number of carbonyl (C=O) groups is 1. The molecule has 0 unspecified atom stereocenters. The summed E-state index contributed by atoms with van der Waals surface area (Å²) in [5.41, 5.74) is 1.07. The van der Waals surface area contributed by atoms with Crippen LogP contribution in [0, 0.1) is 0 Å². The Bertz CT molecular complexity index is 978. The van der Waals surface area contributed by atoms with Crippen molar-refractivity contribution >= 4 is 31.9 Å². The number of morpholine rings is 1. The van der Waals surface area contributed by atoms with E-state index in [0.29, 0.717) is 19.8 Å². The van der Waals surface area contributed by atoms with Gasteiger partial charge in [-0.1, -0.05) is 28.1 Å². The Morgan fingerprint density at radius 1 is 1.12 bits per heavy atom. The van der Waals surface area contributed by atoms with Crippen molar-refractivity contribution in [1.82, 2.24) is 14.9 Å². The van der Waals surface area contributed by atoms with Crippen LogP contribution in [0.5, 0.6) is 5.75 Å². The quantitative estimate of drug-likeness (QED) is 0.494. The van der Waals surface area contributed by atoms with Crippen LogP contribution in [0.1, 0.15) is 18.0 Å². The summed E-state index contributed by atoms with van der Waals surface area (Å²) in [5.74, 6) is 0.562. The molecule has 1 atom stereocenters. The number of nitrogens with one attached hydrogen (secondary N) is 2. The molecule has 0 spiro atoms. The third kappa shape index (κ3) is 7.01. The minimum absolute atomic E-state index is 0.00628. The normalized spacial score (nSPS) is 15.8. The van der Waals surface area contributed by atoms with Crippen LogP contribution >= 0.6 is 15.9 Å². The molecule has 174 valence electrons.